The van der Waals surface area contributed by atoms with Gasteiger partial charge in [0.05, 0.1) is 19.3 Å². The lowest BCUT2D eigenvalue weighted by Crippen LogP contribution is -2.27. The van der Waals surface area contributed by atoms with Crippen molar-refractivity contribution in [1.82, 2.24) is 14.9 Å². The number of hydrogen-bond acceptors (Lipinski definition) is 5. The van der Waals surface area contributed by atoms with Gasteiger partial charge in [-0.1, -0.05) is 11.6 Å². The number of hydrogen-bond donors (Lipinski definition) is 1. The number of carbonyl (C=O) groups is 1. The van der Waals surface area contributed by atoms with Crippen LogP contribution in [0.3, 0.4) is 0 Å². The minimum absolute atomic E-state index is 0.156. The van der Waals surface area contributed by atoms with E-state index < -0.39 is 0 Å². The molecule has 6 nitrogen and oxygen atoms in total. The first-order chi connectivity index (χ1) is 11.4. The summed E-state index contributed by atoms with van der Waals surface area (Å²) in [6.07, 6.45) is 1.75. The second kappa shape index (κ2) is 7.49. The molecule has 0 aromatic carbocycles. The molecular formula is C17H21ClN4O2. The molecule has 0 aliphatic heterocycles. The van der Waals surface area contributed by atoms with E-state index in [0.717, 1.165) is 22.6 Å². The molecule has 0 bridgehead atoms. The number of aromatic nitrogens is 2. The summed E-state index contributed by atoms with van der Waals surface area (Å²) < 4.78 is 5.41. The molecule has 2 aromatic heterocycles. The number of aryl methyl sites for hydroxylation is 1. The number of ether oxygens (including phenoxy) is 1. The molecule has 0 aliphatic rings. The van der Waals surface area contributed by atoms with Gasteiger partial charge in [-0.05, 0) is 26.0 Å². The van der Waals surface area contributed by atoms with Gasteiger partial charge in [0.25, 0.3) is 5.91 Å². The topological polar surface area (TPSA) is 67.4 Å². The van der Waals surface area contributed by atoms with Crippen molar-refractivity contribution >= 4 is 23.3 Å². The molecule has 1 N–H and O–H groups in total. The zero-order chi connectivity index (χ0) is 17.9. The van der Waals surface area contributed by atoms with Crippen LogP contribution in [0.15, 0.2) is 18.3 Å². The maximum Gasteiger partial charge on any atom is 0.254 e. The summed E-state index contributed by atoms with van der Waals surface area (Å²) in [6.45, 7) is 4.25. The van der Waals surface area contributed by atoms with Crippen LogP contribution in [-0.2, 0) is 6.54 Å². The minimum Gasteiger partial charge on any atom is -0.496 e. The second-order valence-corrected chi connectivity index (χ2v) is 5.91. The molecule has 0 fully saturated rings. The molecule has 2 heterocycles. The summed E-state index contributed by atoms with van der Waals surface area (Å²) in [4.78, 5) is 22.8. The molecule has 0 unspecified atom stereocenters. The molecule has 0 atom stereocenters. The third-order valence-electron chi connectivity index (χ3n) is 3.78. The molecule has 0 aliphatic carbocycles. The minimum atomic E-state index is -0.156. The van der Waals surface area contributed by atoms with E-state index in [-0.39, 0.29) is 11.1 Å². The van der Waals surface area contributed by atoms with E-state index in [9.17, 15) is 4.79 Å². The van der Waals surface area contributed by atoms with Gasteiger partial charge in [0.1, 0.15) is 16.7 Å². The summed E-state index contributed by atoms with van der Waals surface area (Å²) in [7, 11) is 5.08. The van der Waals surface area contributed by atoms with Crippen molar-refractivity contribution in [2.75, 3.05) is 26.5 Å². The molecule has 0 spiro atoms. The number of anilines is 1. The average molecular weight is 349 g/mol. The third-order valence-corrected chi connectivity index (χ3v) is 3.97. The number of amides is 1. The van der Waals surface area contributed by atoms with Crippen molar-refractivity contribution in [2.24, 2.45) is 0 Å². The predicted octanol–water partition coefficient (Wildman–Crippen LogP) is 3.07. The van der Waals surface area contributed by atoms with Crippen molar-refractivity contribution in [3.63, 3.8) is 0 Å². The van der Waals surface area contributed by atoms with Gasteiger partial charge in [-0.2, -0.15) is 0 Å². The van der Waals surface area contributed by atoms with Crippen LogP contribution in [0.4, 0.5) is 5.82 Å². The van der Waals surface area contributed by atoms with Gasteiger partial charge >= 0.3 is 0 Å². The maximum atomic E-state index is 12.7. The highest BCUT2D eigenvalue weighted by atomic mass is 35.5. The summed E-state index contributed by atoms with van der Waals surface area (Å²) in [6, 6.07) is 3.22. The number of nitrogens with one attached hydrogen (secondary N) is 1. The van der Waals surface area contributed by atoms with E-state index in [1.165, 1.54) is 0 Å². The molecule has 0 radical (unpaired) electrons. The molecule has 0 saturated heterocycles. The van der Waals surface area contributed by atoms with Gasteiger partial charge in [-0.3, -0.25) is 9.78 Å². The smallest absolute Gasteiger partial charge is 0.254 e. The fourth-order valence-electron chi connectivity index (χ4n) is 2.50. The van der Waals surface area contributed by atoms with E-state index in [0.29, 0.717) is 17.9 Å². The standard InChI is InChI=1S/C17H21ClN4O2/c1-10-8-20-13(11(2)16(10)24-5)9-22(4)17(23)12-6-14(18)21-15(7-12)19-3/h6-8H,9H2,1-5H3,(H,19,21). The Morgan fingerprint density at radius 2 is 2.08 bits per heavy atom. The zero-order valence-corrected chi connectivity index (χ0v) is 15.2. The Kier molecular flexibility index (Phi) is 5.62. The SMILES string of the molecule is CNc1cc(C(=O)N(C)Cc2ncc(C)c(OC)c2C)cc(Cl)n1. The van der Waals surface area contributed by atoms with Gasteiger partial charge in [-0.15, -0.1) is 0 Å². The fraction of sp³-hybridized carbons (Fsp3) is 0.353. The molecule has 1 amide bonds. The number of carbonyl (C=O) groups excluding carboxylic acids is 1. The number of pyridine rings is 2. The van der Waals surface area contributed by atoms with E-state index in [1.807, 2.05) is 13.8 Å². The Balaban J connectivity index is 2.25. The van der Waals surface area contributed by atoms with E-state index in [2.05, 4.69) is 15.3 Å². The zero-order valence-electron chi connectivity index (χ0n) is 14.5. The van der Waals surface area contributed by atoms with Crippen LogP contribution in [0.25, 0.3) is 0 Å². The predicted molar refractivity (Wildman–Crippen MR) is 94.9 cm³/mol. The second-order valence-electron chi connectivity index (χ2n) is 5.52. The van der Waals surface area contributed by atoms with Crippen LogP contribution in [0, 0.1) is 13.8 Å². The number of rotatable bonds is 5. The summed E-state index contributed by atoms with van der Waals surface area (Å²) in [5.41, 5.74) is 3.16. The van der Waals surface area contributed by atoms with Crippen molar-refractivity contribution in [3.8, 4) is 5.75 Å². The fourth-order valence-corrected chi connectivity index (χ4v) is 2.70. The van der Waals surface area contributed by atoms with Gasteiger partial charge in [-0.25, -0.2) is 4.98 Å². The summed E-state index contributed by atoms with van der Waals surface area (Å²) in [5.74, 6) is 1.19. The number of nitrogens with zero attached hydrogens (tertiary/aromatic N) is 3. The molecule has 0 saturated carbocycles. The highest BCUT2D eigenvalue weighted by Gasteiger charge is 2.17. The van der Waals surface area contributed by atoms with Crippen molar-refractivity contribution in [2.45, 2.75) is 20.4 Å². The molecule has 24 heavy (non-hydrogen) atoms. The third kappa shape index (κ3) is 3.76. The van der Waals surface area contributed by atoms with E-state index in [1.54, 1.807) is 44.4 Å². The Morgan fingerprint density at radius 1 is 1.38 bits per heavy atom. The first-order valence-corrected chi connectivity index (χ1v) is 7.85. The first kappa shape index (κ1) is 18.0. The van der Waals surface area contributed by atoms with Crippen LogP contribution in [0.1, 0.15) is 27.2 Å². The van der Waals surface area contributed by atoms with Crippen LogP contribution < -0.4 is 10.1 Å². The Hall–Kier alpha value is -2.34. The van der Waals surface area contributed by atoms with Gasteiger partial charge in [0.15, 0.2) is 0 Å². The van der Waals surface area contributed by atoms with E-state index in [4.69, 9.17) is 16.3 Å². The molecular weight excluding hydrogens is 328 g/mol. The van der Waals surface area contributed by atoms with Crippen molar-refractivity contribution in [3.05, 3.63) is 45.9 Å². The van der Waals surface area contributed by atoms with Crippen LogP contribution in [0.5, 0.6) is 5.75 Å². The molecule has 7 heteroatoms. The Morgan fingerprint density at radius 3 is 2.71 bits per heavy atom. The highest BCUT2D eigenvalue weighted by molar-refractivity contribution is 6.29. The number of methoxy groups -OCH3 is 1. The Labute approximate surface area is 146 Å². The average Bonchev–Trinajstić information content (AvgIpc) is 2.56. The van der Waals surface area contributed by atoms with Gasteiger partial charge in [0, 0.05) is 37.0 Å². The molecule has 2 aromatic rings. The van der Waals surface area contributed by atoms with Crippen LogP contribution in [-0.4, -0.2) is 42.0 Å². The first-order valence-electron chi connectivity index (χ1n) is 7.47. The summed E-state index contributed by atoms with van der Waals surface area (Å²) >= 11 is 5.97. The summed E-state index contributed by atoms with van der Waals surface area (Å²) in [5, 5.41) is 3.16. The van der Waals surface area contributed by atoms with Crippen LogP contribution in [0.2, 0.25) is 5.15 Å². The highest BCUT2D eigenvalue weighted by Crippen LogP contribution is 2.25. The quantitative estimate of drug-likeness (QED) is 0.841. The molecule has 128 valence electrons. The lowest BCUT2D eigenvalue weighted by molar-refractivity contribution is 0.0783. The molecule has 2 rings (SSSR count). The van der Waals surface area contributed by atoms with Gasteiger partial charge < -0.3 is 15.0 Å². The van der Waals surface area contributed by atoms with E-state index >= 15 is 0 Å². The lowest BCUT2D eigenvalue weighted by atomic mass is 10.1. The van der Waals surface area contributed by atoms with Gasteiger partial charge in [0.2, 0.25) is 0 Å². The monoisotopic (exact) mass is 348 g/mol. The maximum absolute atomic E-state index is 12.7. The van der Waals surface area contributed by atoms with Crippen molar-refractivity contribution < 1.29 is 9.53 Å². The number of halogens is 1. The van der Waals surface area contributed by atoms with Crippen LogP contribution >= 0.6 is 11.6 Å². The lowest BCUT2D eigenvalue weighted by Gasteiger charge is -2.20. The van der Waals surface area contributed by atoms with Crippen molar-refractivity contribution in [1.29, 1.82) is 0 Å². The Bertz CT molecular complexity index is 764. The normalized spacial score (nSPS) is 10.4. The largest absolute Gasteiger partial charge is 0.496 e.